The van der Waals surface area contributed by atoms with E-state index in [0.717, 1.165) is 6.42 Å². The first kappa shape index (κ1) is 13.2. The molecule has 0 bridgehead atoms. The Balaban J connectivity index is 1.61. The van der Waals surface area contributed by atoms with E-state index in [0.29, 0.717) is 43.0 Å². The fraction of sp³-hybridized carbons (Fsp3) is 0.533. The summed E-state index contributed by atoms with van der Waals surface area (Å²) in [6.07, 6.45) is 2.33. The van der Waals surface area contributed by atoms with Gasteiger partial charge in [0.25, 0.3) is 0 Å². The fourth-order valence-corrected chi connectivity index (χ4v) is 3.79. The van der Waals surface area contributed by atoms with Gasteiger partial charge in [-0.2, -0.15) is 0 Å². The summed E-state index contributed by atoms with van der Waals surface area (Å²) < 4.78 is 11.6. The van der Waals surface area contributed by atoms with Crippen LogP contribution in [0.25, 0.3) is 0 Å². The molecule has 1 aliphatic carbocycles. The Bertz CT molecular complexity index is 434. The van der Waals surface area contributed by atoms with Crippen molar-refractivity contribution in [2.45, 2.75) is 37.2 Å². The fourth-order valence-electron chi connectivity index (χ4n) is 2.77. The molecule has 0 amide bonds. The second kappa shape index (κ2) is 6.07. The van der Waals surface area contributed by atoms with Gasteiger partial charge in [0.15, 0.2) is 0 Å². The zero-order chi connectivity index (χ0) is 13.1. The third kappa shape index (κ3) is 3.19. The lowest BCUT2D eigenvalue weighted by Crippen LogP contribution is -2.43. The first-order chi connectivity index (χ1) is 9.33. The maximum atomic E-state index is 11.6. The molecule has 0 spiro atoms. The van der Waals surface area contributed by atoms with Gasteiger partial charge < -0.3 is 8.92 Å². The van der Waals surface area contributed by atoms with Gasteiger partial charge in [0.05, 0.1) is 19.3 Å². The molecule has 1 heterocycles. The van der Waals surface area contributed by atoms with Crippen LogP contribution in [-0.4, -0.2) is 23.7 Å². The summed E-state index contributed by atoms with van der Waals surface area (Å²) >= 11 is 1.54. The third-order valence-corrected chi connectivity index (χ3v) is 4.96. The van der Waals surface area contributed by atoms with E-state index in [4.69, 9.17) is 8.92 Å². The first-order valence-electron chi connectivity index (χ1n) is 6.78. The highest BCUT2D eigenvalue weighted by Crippen LogP contribution is 2.39. The summed E-state index contributed by atoms with van der Waals surface area (Å²) in [4.78, 5) is 11.6. The number of ether oxygens (including phenoxy) is 1. The van der Waals surface area contributed by atoms with Crippen molar-refractivity contribution < 1.29 is 13.7 Å². The molecule has 0 radical (unpaired) electrons. The normalized spacial score (nSPS) is 30.9. The van der Waals surface area contributed by atoms with Crippen LogP contribution in [-0.2, 0) is 20.3 Å². The van der Waals surface area contributed by atoms with Gasteiger partial charge in [0.1, 0.15) is 5.78 Å². The van der Waals surface area contributed by atoms with E-state index in [1.165, 1.54) is 5.56 Å². The number of hydrogen-bond acceptors (Lipinski definition) is 4. The van der Waals surface area contributed by atoms with Gasteiger partial charge >= 0.3 is 0 Å². The molecule has 3 nitrogen and oxygen atoms in total. The molecule has 2 aliphatic rings. The lowest BCUT2D eigenvalue weighted by Gasteiger charge is -2.39. The summed E-state index contributed by atoms with van der Waals surface area (Å²) in [5.74, 6) is 0.695. The van der Waals surface area contributed by atoms with Crippen LogP contribution in [0.3, 0.4) is 0 Å². The Morgan fingerprint density at radius 1 is 1.32 bits per heavy atom. The smallest absolute Gasteiger partial charge is 0.133 e. The summed E-state index contributed by atoms with van der Waals surface area (Å²) in [5.41, 5.74) is 1.17. The third-order valence-electron chi connectivity index (χ3n) is 3.86. The van der Waals surface area contributed by atoms with Crippen molar-refractivity contribution in [2.24, 2.45) is 5.92 Å². The zero-order valence-corrected chi connectivity index (χ0v) is 11.6. The van der Waals surface area contributed by atoms with E-state index in [2.05, 4.69) is 12.1 Å². The van der Waals surface area contributed by atoms with Crippen molar-refractivity contribution in [1.29, 1.82) is 0 Å². The van der Waals surface area contributed by atoms with E-state index in [-0.39, 0.29) is 6.10 Å². The summed E-state index contributed by atoms with van der Waals surface area (Å²) in [6.45, 7) is 1.18. The van der Waals surface area contributed by atoms with Crippen LogP contribution in [0.1, 0.15) is 24.8 Å². The van der Waals surface area contributed by atoms with Crippen LogP contribution >= 0.6 is 12.0 Å². The molecule has 1 aromatic carbocycles. The molecule has 3 rings (SSSR count). The van der Waals surface area contributed by atoms with E-state index >= 15 is 0 Å². The molecule has 102 valence electrons. The van der Waals surface area contributed by atoms with Crippen molar-refractivity contribution in [3.8, 4) is 0 Å². The Morgan fingerprint density at radius 3 is 3.00 bits per heavy atom. The molecule has 0 N–H and O–H groups in total. The van der Waals surface area contributed by atoms with E-state index < -0.39 is 0 Å². The number of fused-ring (bicyclic) bond motifs is 1. The van der Waals surface area contributed by atoms with Crippen LogP contribution in [0.2, 0.25) is 0 Å². The van der Waals surface area contributed by atoms with Crippen molar-refractivity contribution in [1.82, 2.24) is 0 Å². The number of benzene rings is 1. The highest BCUT2D eigenvalue weighted by molar-refractivity contribution is 7.95. The van der Waals surface area contributed by atoms with Crippen molar-refractivity contribution in [2.75, 3.05) is 6.61 Å². The van der Waals surface area contributed by atoms with Crippen molar-refractivity contribution in [3.05, 3.63) is 35.9 Å². The average molecular weight is 278 g/mol. The second-order valence-corrected chi connectivity index (χ2v) is 6.23. The molecule has 2 fully saturated rings. The molecular weight excluding hydrogens is 260 g/mol. The van der Waals surface area contributed by atoms with E-state index in [9.17, 15) is 4.79 Å². The average Bonchev–Trinajstić information content (AvgIpc) is 2.46. The summed E-state index contributed by atoms with van der Waals surface area (Å²) in [7, 11) is 0. The van der Waals surface area contributed by atoms with Gasteiger partial charge in [-0.25, -0.2) is 0 Å². The minimum absolute atomic E-state index is 0.0516. The number of Topliss-reactive ketones (excluding diaryl/α,β-unsaturated/α-hetero) is 1. The lowest BCUT2D eigenvalue weighted by molar-refractivity contribution is -0.125. The number of carbonyl (C=O) groups excluding carboxylic acids is 1. The maximum Gasteiger partial charge on any atom is 0.133 e. The van der Waals surface area contributed by atoms with Crippen molar-refractivity contribution in [3.63, 3.8) is 0 Å². The minimum atomic E-state index is 0.0516. The predicted molar refractivity (Wildman–Crippen MR) is 74.7 cm³/mol. The molecule has 0 unspecified atom stereocenters. The van der Waals surface area contributed by atoms with Gasteiger partial charge in [0, 0.05) is 24.0 Å². The molecule has 4 heteroatoms. The quantitative estimate of drug-likeness (QED) is 0.796. The van der Waals surface area contributed by atoms with Gasteiger partial charge in [-0.3, -0.25) is 4.79 Å². The molecule has 19 heavy (non-hydrogen) atoms. The molecule has 1 saturated heterocycles. The van der Waals surface area contributed by atoms with Crippen molar-refractivity contribution >= 4 is 17.8 Å². The first-order valence-corrected chi connectivity index (χ1v) is 7.59. The Labute approximate surface area is 117 Å². The molecule has 0 aromatic heterocycles. The van der Waals surface area contributed by atoms with Gasteiger partial charge in [-0.1, -0.05) is 30.3 Å². The SMILES string of the molecule is O=C1CC[C@H]2SOC[C@@H](OCc3ccccc3)[C@H]2C1. The molecule has 1 aromatic rings. The Morgan fingerprint density at radius 2 is 2.16 bits per heavy atom. The van der Waals surface area contributed by atoms with Crippen LogP contribution in [0.5, 0.6) is 0 Å². The Hall–Kier alpha value is -0.840. The van der Waals surface area contributed by atoms with E-state index in [1.54, 1.807) is 12.0 Å². The van der Waals surface area contributed by atoms with Crippen LogP contribution in [0.4, 0.5) is 0 Å². The van der Waals surface area contributed by atoms with Crippen LogP contribution < -0.4 is 0 Å². The highest BCUT2D eigenvalue weighted by atomic mass is 32.2. The van der Waals surface area contributed by atoms with Crippen LogP contribution in [0.15, 0.2) is 30.3 Å². The van der Waals surface area contributed by atoms with Crippen LogP contribution in [0, 0.1) is 5.92 Å². The minimum Gasteiger partial charge on any atom is -0.371 e. The number of hydrogen-bond donors (Lipinski definition) is 0. The van der Waals surface area contributed by atoms with Gasteiger partial charge in [-0.15, -0.1) is 0 Å². The topological polar surface area (TPSA) is 35.5 Å². The molecule has 1 saturated carbocycles. The zero-order valence-electron chi connectivity index (χ0n) is 10.8. The van der Waals surface area contributed by atoms with Gasteiger partial charge in [-0.05, 0) is 24.0 Å². The lowest BCUT2D eigenvalue weighted by atomic mass is 9.84. The Kier molecular flexibility index (Phi) is 4.21. The predicted octanol–water partition coefficient (Wildman–Crippen LogP) is 2.99. The number of ketones is 1. The standard InChI is InChI=1S/C15H18O3S/c16-12-6-7-15-13(8-12)14(10-18-19-15)17-9-11-4-2-1-3-5-11/h1-5,13-15H,6-10H2/t13-,14-,15-/m1/s1. The largest absolute Gasteiger partial charge is 0.371 e. The van der Waals surface area contributed by atoms with E-state index in [1.807, 2.05) is 18.2 Å². The number of carbonyl (C=O) groups is 1. The monoisotopic (exact) mass is 278 g/mol. The molecule has 3 atom stereocenters. The summed E-state index contributed by atoms with van der Waals surface area (Å²) in [6, 6.07) is 10.1. The highest BCUT2D eigenvalue weighted by Gasteiger charge is 2.39. The number of rotatable bonds is 3. The summed E-state index contributed by atoms with van der Waals surface area (Å²) in [5, 5.41) is 0.423. The molecular formula is C15H18O3S. The molecule has 1 aliphatic heterocycles. The maximum absolute atomic E-state index is 11.6. The van der Waals surface area contributed by atoms with Gasteiger partial charge in [0.2, 0.25) is 0 Å². The second-order valence-electron chi connectivity index (χ2n) is 5.20.